The molecule has 1 saturated carbocycles. The summed E-state index contributed by atoms with van der Waals surface area (Å²) in [4.78, 5) is 11.7. The Balaban J connectivity index is 1.73. The molecule has 1 aromatic rings. The van der Waals surface area contributed by atoms with Gasteiger partial charge in [0.15, 0.2) is 6.79 Å². The van der Waals surface area contributed by atoms with E-state index in [1.807, 2.05) is 6.92 Å². The molecule has 1 atom stereocenters. The maximum Gasteiger partial charge on any atom is 0.324 e. The summed E-state index contributed by atoms with van der Waals surface area (Å²) in [5, 5.41) is 0. The second-order valence-corrected chi connectivity index (χ2v) is 6.96. The molecule has 0 bridgehead atoms. The third kappa shape index (κ3) is 5.76. The molecule has 1 aromatic carbocycles. The van der Waals surface area contributed by atoms with Crippen molar-refractivity contribution in [3.8, 4) is 11.5 Å². The molecule has 0 saturated heterocycles. The molecule has 0 radical (unpaired) electrons. The van der Waals surface area contributed by atoms with Crippen LogP contribution in [0, 0.1) is 0 Å². The summed E-state index contributed by atoms with van der Waals surface area (Å²) in [5.74, 6) is 1.05. The smallest absolute Gasteiger partial charge is 0.324 e. The third-order valence-electron chi connectivity index (χ3n) is 3.74. The van der Waals surface area contributed by atoms with Crippen LogP contribution < -0.4 is 9.47 Å². The Bertz CT molecular complexity index is 454. The first-order chi connectivity index (χ1) is 10.7. The van der Waals surface area contributed by atoms with Gasteiger partial charge in [0.2, 0.25) is 0 Å². The van der Waals surface area contributed by atoms with Crippen LogP contribution in [0.5, 0.6) is 11.5 Å². The van der Waals surface area contributed by atoms with Gasteiger partial charge in [-0.1, -0.05) is 48.8 Å². The number of hydrogen-bond donors (Lipinski definition) is 0. The molecule has 4 nitrogen and oxygen atoms in total. The normalized spacial score (nSPS) is 17.0. The van der Waals surface area contributed by atoms with Gasteiger partial charge in [-0.2, -0.15) is 0 Å². The lowest BCUT2D eigenvalue weighted by Crippen LogP contribution is -2.19. The Hall–Kier alpha value is -0.820. The molecular weight excluding hydrogens is 395 g/mol. The van der Waals surface area contributed by atoms with E-state index >= 15 is 0 Å². The Kier molecular flexibility index (Phi) is 7.45. The lowest BCUT2D eigenvalue weighted by atomic mass is 9.98. The molecule has 0 aromatic heterocycles. The summed E-state index contributed by atoms with van der Waals surface area (Å²) in [7, 11) is 0. The first kappa shape index (κ1) is 17.5. The number of alkyl halides is 1. The van der Waals surface area contributed by atoms with Crippen LogP contribution in [-0.4, -0.2) is 22.8 Å². The van der Waals surface area contributed by atoms with Crippen molar-refractivity contribution >= 4 is 28.6 Å². The molecule has 1 fully saturated rings. The largest absolute Gasteiger partial charge is 0.468 e. The Morgan fingerprint density at radius 2 is 1.82 bits per heavy atom. The van der Waals surface area contributed by atoms with Crippen molar-refractivity contribution in [1.29, 1.82) is 0 Å². The van der Waals surface area contributed by atoms with E-state index in [1.165, 1.54) is 19.3 Å². The van der Waals surface area contributed by atoms with E-state index in [2.05, 4.69) is 22.6 Å². The van der Waals surface area contributed by atoms with Gasteiger partial charge in [0.1, 0.15) is 15.4 Å². The van der Waals surface area contributed by atoms with E-state index in [4.69, 9.17) is 14.2 Å². The van der Waals surface area contributed by atoms with Gasteiger partial charge in [-0.15, -0.1) is 0 Å². The number of benzene rings is 1. The second kappa shape index (κ2) is 9.35. The standard InChI is InChI=1S/C17H23IO4/c1-2-16(18)17(19)22-15-10-8-14(9-11-15)21-12-20-13-6-4-3-5-7-13/h8-11,13,16H,2-7,12H2,1H3. The van der Waals surface area contributed by atoms with Crippen LogP contribution in [-0.2, 0) is 9.53 Å². The van der Waals surface area contributed by atoms with E-state index in [-0.39, 0.29) is 16.7 Å². The third-order valence-corrected chi connectivity index (χ3v) is 5.13. The lowest BCUT2D eigenvalue weighted by molar-refractivity contribution is -0.133. The van der Waals surface area contributed by atoms with E-state index in [1.54, 1.807) is 24.3 Å². The Morgan fingerprint density at radius 3 is 2.45 bits per heavy atom. The van der Waals surface area contributed by atoms with E-state index < -0.39 is 0 Å². The molecule has 1 aliphatic carbocycles. The zero-order valence-electron chi connectivity index (χ0n) is 12.9. The molecule has 0 spiro atoms. The molecular formula is C17H23IO4. The molecule has 2 rings (SSSR count). The van der Waals surface area contributed by atoms with Gasteiger partial charge in [0, 0.05) is 0 Å². The number of halogens is 1. The highest BCUT2D eigenvalue weighted by atomic mass is 127. The van der Waals surface area contributed by atoms with Crippen LogP contribution in [0.2, 0.25) is 0 Å². The average Bonchev–Trinajstić information content (AvgIpc) is 2.56. The van der Waals surface area contributed by atoms with Crippen LogP contribution in [0.1, 0.15) is 45.4 Å². The minimum Gasteiger partial charge on any atom is -0.468 e. The van der Waals surface area contributed by atoms with E-state index in [0.717, 1.165) is 25.0 Å². The van der Waals surface area contributed by atoms with Crippen LogP contribution in [0.25, 0.3) is 0 Å². The Morgan fingerprint density at radius 1 is 1.18 bits per heavy atom. The summed E-state index contributed by atoms with van der Waals surface area (Å²) in [6, 6.07) is 7.07. The average molecular weight is 418 g/mol. The van der Waals surface area contributed by atoms with Crippen molar-refractivity contribution in [3.05, 3.63) is 24.3 Å². The van der Waals surface area contributed by atoms with E-state index in [9.17, 15) is 4.79 Å². The fraction of sp³-hybridized carbons (Fsp3) is 0.588. The maximum atomic E-state index is 11.7. The van der Waals surface area contributed by atoms with Crippen molar-refractivity contribution in [1.82, 2.24) is 0 Å². The summed E-state index contributed by atoms with van der Waals surface area (Å²) >= 11 is 2.09. The SMILES string of the molecule is CCC(I)C(=O)Oc1ccc(OCOC2CCCCC2)cc1. The maximum absolute atomic E-state index is 11.7. The topological polar surface area (TPSA) is 44.8 Å². The molecule has 122 valence electrons. The highest BCUT2D eigenvalue weighted by Crippen LogP contribution is 2.22. The molecule has 0 aliphatic heterocycles. The number of esters is 1. The number of carbonyl (C=O) groups is 1. The van der Waals surface area contributed by atoms with Crippen molar-refractivity contribution in [2.75, 3.05) is 6.79 Å². The molecule has 0 heterocycles. The number of ether oxygens (including phenoxy) is 3. The predicted octanol–water partition coefficient (Wildman–Crippen LogP) is 4.49. The van der Waals surface area contributed by atoms with Crippen LogP contribution >= 0.6 is 22.6 Å². The molecule has 0 N–H and O–H groups in total. The summed E-state index contributed by atoms with van der Waals surface area (Å²) < 4.78 is 16.5. The van der Waals surface area contributed by atoms with Gasteiger partial charge in [-0.25, -0.2) is 0 Å². The first-order valence-electron chi connectivity index (χ1n) is 7.89. The zero-order chi connectivity index (χ0) is 15.8. The second-order valence-electron chi connectivity index (χ2n) is 5.46. The van der Waals surface area contributed by atoms with Crippen molar-refractivity contribution in [2.45, 2.75) is 55.5 Å². The first-order valence-corrected chi connectivity index (χ1v) is 9.14. The summed E-state index contributed by atoms with van der Waals surface area (Å²) in [6.07, 6.45) is 7.18. The zero-order valence-corrected chi connectivity index (χ0v) is 15.1. The minimum absolute atomic E-state index is 0.114. The quantitative estimate of drug-likeness (QED) is 0.215. The number of hydrogen-bond acceptors (Lipinski definition) is 4. The van der Waals surface area contributed by atoms with Crippen molar-refractivity contribution in [3.63, 3.8) is 0 Å². The number of rotatable bonds is 7. The van der Waals surface area contributed by atoms with Crippen molar-refractivity contribution < 1.29 is 19.0 Å². The highest BCUT2D eigenvalue weighted by Gasteiger charge is 2.15. The fourth-order valence-electron chi connectivity index (χ4n) is 2.38. The van der Waals surface area contributed by atoms with Gasteiger partial charge in [-0.3, -0.25) is 4.79 Å². The van der Waals surface area contributed by atoms with Crippen LogP contribution in [0.15, 0.2) is 24.3 Å². The molecule has 5 heteroatoms. The van der Waals surface area contributed by atoms with Gasteiger partial charge in [0.25, 0.3) is 0 Å². The monoisotopic (exact) mass is 418 g/mol. The number of carbonyl (C=O) groups excluding carboxylic acids is 1. The van der Waals surface area contributed by atoms with Gasteiger partial charge < -0.3 is 14.2 Å². The van der Waals surface area contributed by atoms with Crippen LogP contribution in [0.4, 0.5) is 0 Å². The lowest BCUT2D eigenvalue weighted by Gasteiger charge is -2.21. The van der Waals surface area contributed by atoms with Crippen molar-refractivity contribution in [2.24, 2.45) is 0 Å². The summed E-state index contributed by atoms with van der Waals surface area (Å²) in [5.41, 5.74) is 0. The molecule has 1 aliphatic rings. The van der Waals surface area contributed by atoms with Gasteiger partial charge in [0.05, 0.1) is 6.10 Å². The summed E-state index contributed by atoms with van der Waals surface area (Å²) in [6.45, 7) is 2.23. The van der Waals surface area contributed by atoms with Gasteiger partial charge >= 0.3 is 5.97 Å². The minimum atomic E-state index is -0.211. The van der Waals surface area contributed by atoms with Crippen LogP contribution in [0.3, 0.4) is 0 Å². The van der Waals surface area contributed by atoms with E-state index in [0.29, 0.717) is 11.9 Å². The molecule has 22 heavy (non-hydrogen) atoms. The predicted molar refractivity (Wildman–Crippen MR) is 93.6 cm³/mol. The molecule has 0 amide bonds. The van der Waals surface area contributed by atoms with Gasteiger partial charge in [-0.05, 0) is 43.5 Å². The highest BCUT2D eigenvalue weighted by molar-refractivity contribution is 14.1. The fourth-order valence-corrected chi connectivity index (χ4v) is 2.51. The molecule has 1 unspecified atom stereocenters. The Labute approximate surface area is 145 Å².